The second-order valence-electron chi connectivity index (χ2n) is 6.79. The van der Waals surface area contributed by atoms with E-state index >= 15 is 0 Å². The van der Waals surface area contributed by atoms with Crippen LogP contribution < -0.4 is 19.1 Å². The van der Waals surface area contributed by atoms with E-state index in [4.69, 9.17) is 14.2 Å². The first-order valence-electron chi connectivity index (χ1n) is 9.86. The van der Waals surface area contributed by atoms with Crippen molar-refractivity contribution in [3.05, 3.63) is 78.4 Å². The van der Waals surface area contributed by atoms with Gasteiger partial charge in [-0.05, 0) is 48.0 Å². The van der Waals surface area contributed by atoms with Crippen molar-refractivity contribution in [1.29, 1.82) is 0 Å². The van der Waals surface area contributed by atoms with Crippen molar-refractivity contribution in [2.75, 3.05) is 26.2 Å². The van der Waals surface area contributed by atoms with E-state index in [1.54, 1.807) is 38.4 Å². The van der Waals surface area contributed by atoms with Gasteiger partial charge in [-0.2, -0.15) is 0 Å². The van der Waals surface area contributed by atoms with Gasteiger partial charge in [-0.1, -0.05) is 35.6 Å². The third-order valence-electron chi connectivity index (χ3n) is 4.83. The van der Waals surface area contributed by atoms with Crippen LogP contribution in [-0.2, 0) is 4.79 Å². The molecule has 0 spiro atoms. The van der Waals surface area contributed by atoms with Gasteiger partial charge >= 0.3 is 0 Å². The Bertz CT molecular complexity index is 1250. The van der Waals surface area contributed by atoms with Crippen molar-refractivity contribution in [3.63, 3.8) is 0 Å². The molecule has 1 aromatic heterocycles. The van der Waals surface area contributed by atoms with Gasteiger partial charge in [-0.15, -0.1) is 0 Å². The van der Waals surface area contributed by atoms with Gasteiger partial charge in [0.15, 0.2) is 16.6 Å². The number of benzene rings is 3. The molecule has 162 valence electrons. The monoisotopic (exact) mass is 446 g/mol. The Labute approximate surface area is 190 Å². The highest BCUT2D eigenvalue weighted by Gasteiger charge is 2.20. The second kappa shape index (κ2) is 9.53. The zero-order valence-electron chi connectivity index (χ0n) is 17.9. The maximum absolute atomic E-state index is 13.4. The molecule has 3 aromatic carbocycles. The first kappa shape index (κ1) is 21.4. The Balaban J connectivity index is 1.72. The molecule has 0 radical (unpaired) electrons. The molecule has 1 amide bonds. The summed E-state index contributed by atoms with van der Waals surface area (Å²) < 4.78 is 17.0. The Kier molecular flexibility index (Phi) is 6.37. The summed E-state index contributed by atoms with van der Waals surface area (Å²) in [6.45, 7) is 0. The normalized spacial score (nSPS) is 11.0. The number of methoxy groups -OCH3 is 3. The lowest BCUT2D eigenvalue weighted by atomic mass is 10.2. The molecule has 0 saturated heterocycles. The summed E-state index contributed by atoms with van der Waals surface area (Å²) in [5.74, 6) is 1.65. The molecule has 0 aliphatic rings. The molecule has 32 heavy (non-hydrogen) atoms. The van der Waals surface area contributed by atoms with Gasteiger partial charge in [-0.3, -0.25) is 9.69 Å². The number of carbonyl (C=O) groups is 1. The maximum Gasteiger partial charge on any atom is 0.257 e. The Morgan fingerprint density at radius 3 is 2.47 bits per heavy atom. The minimum Gasteiger partial charge on any atom is -0.497 e. The fourth-order valence-corrected chi connectivity index (χ4v) is 4.23. The maximum atomic E-state index is 13.4. The van der Waals surface area contributed by atoms with E-state index in [-0.39, 0.29) is 5.91 Å². The van der Waals surface area contributed by atoms with Crippen LogP contribution in [0.15, 0.2) is 72.8 Å². The molecule has 0 fully saturated rings. The molecule has 1 heterocycles. The van der Waals surface area contributed by atoms with Gasteiger partial charge in [-0.25, -0.2) is 4.98 Å². The van der Waals surface area contributed by atoms with Gasteiger partial charge in [0.05, 0.1) is 37.2 Å². The second-order valence-corrected chi connectivity index (χ2v) is 7.80. The van der Waals surface area contributed by atoms with E-state index in [0.29, 0.717) is 28.1 Å². The number of carbonyl (C=O) groups excluding carboxylic acids is 1. The van der Waals surface area contributed by atoms with Gasteiger partial charge in [0.25, 0.3) is 5.91 Å². The number of anilines is 2. The predicted octanol–water partition coefficient (Wildman–Crippen LogP) is 5.70. The third-order valence-corrected chi connectivity index (χ3v) is 5.85. The number of amides is 1. The van der Waals surface area contributed by atoms with Crippen LogP contribution in [0.1, 0.15) is 5.56 Å². The number of ether oxygens (including phenoxy) is 3. The summed E-state index contributed by atoms with van der Waals surface area (Å²) in [5, 5.41) is 0.585. The highest BCUT2D eigenvalue weighted by Crippen LogP contribution is 2.35. The molecule has 4 aromatic rings. The van der Waals surface area contributed by atoms with Crippen LogP contribution >= 0.6 is 11.3 Å². The standard InChI is InChI=1S/C25H22N2O4S/c1-29-19-8-6-7-18(16-19)27(25-26-20-9-4-5-10-23(20)32-25)24(28)14-12-17-11-13-21(30-2)22(15-17)31-3/h4-16H,1-3H3. The molecule has 4 rings (SSSR count). The molecule has 6 nitrogen and oxygen atoms in total. The summed E-state index contributed by atoms with van der Waals surface area (Å²) in [5.41, 5.74) is 2.33. The zero-order valence-corrected chi connectivity index (χ0v) is 18.8. The minimum absolute atomic E-state index is 0.230. The van der Waals surface area contributed by atoms with Crippen LogP contribution in [-0.4, -0.2) is 32.2 Å². The highest BCUT2D eigenvalue weighted by molar-refractivity contribution is 7.22. The number of aromatic nitrogens is 1. The largest absolute Gasteiger partial charge is 0.497 e. The zero-order chi connectivity index (χ0) is 22.5. The van der Waals surface area contributed by atoms with Crippen LogP contribution in [0.2, 0.25) is 0 Å². The predicted molar refractivity (Wildman–Crippen MR) is 128 cm³/mol. The third kappa shape index (κ3) is 4.43. The van der Waals surface area contributed by atoms with E-state index in [1.165, 1.54) is 17.4 Å². The summed E-state index contributed by atoms with van der Waals surface area (Å²) in [7, 11) is 4.76. The number of nitrogens with zero attached hydrogens (tertiary/aromatic N) is 2. The number of hydrogen-bond donors (Lipinski definition) is 0. The van der Waals surface area contributed by atoms with Crippen molar-refractivity contribution in [2.45, 2.75) is 0 Å². The van der Waals surface area contributed by atoms with Crippen molar-refractivity contribution in [2.24, 2.45) is 0 Å². The van der Waals surface area contributed by atoms with Gasteiger partial charge < -0.3 is 14.2 Å². The smallest absolute Gasteiger partial charge is 0.257 e. The van der Waals surface area contributed by atoms with Crippen molar-refractivity contribution in [1.82, 2.24) is 4.98 Å². The molecule has 0 atom stereocenters. The summed E-state index contributed by atoms with van der Waals surface area (Å²) >= 11 is 1.46. The molecule has 7 heteroatoms. The number of fused-ring (bicyclic) bond motifs is 1. The van der Waals surface area contributed by atoms with Gasteiger partial charge in [0.2, 0.25) is 0 Å². The number of para-hydroxylation sites is 1. The molecule has 0 saturated carbocycles. The Hall–Kier alpha value is -3.84. The van der Waals surface area contributed by atoms with E-state index in [9.17, 15) is 4.79 Å². The molecule has 0 bridgehead atoms. The summed E-state index contributed by atoms with van der Waals surface area (Å²) in [6.07, 6.45) is 3.26. The lowest BCUT2D eigenvalue weighted by Crippen LogP contribution is -2.23. The quantitative estimate of drug-likeness (QED) is 0.341. The molecule has 0 N–H and O–H groups in total. The van der Waals surface area contributed by atoms with E-state index < -0.39 is 0 Å². The average molecular weight is 447 g/mol. The fourth-order valence-electron chi connectivity index (χ4n) is 3.24. The average Bonchev–Trinajstić information content (AvgIpc) is 3.26. The molecular formula is C25H22N2O4S. The molecule has 0 aliphatic heterocycles. The van der Waals surface area contributed by atoms with Gasteiger partial charge in [0, 0.05) is 12.1 Å². The lowest BCUT2D eigenvalue weighted by Gasteiger charge is -2.19. The van der Waals surface area contributed by atoms with Crippen LogP contribution in [0.3, 0.4) is 0 Å². The first-order valence-corrected chi connectivity index (χ1v) is 10.7. The van der Waals surface area contributed by atoms with Crippen molar-refractivity contribution in [3.8, 4) is 17.2 Å². The lowest BCUT2D eigenvalue weighted by molar-refractivity contribution is -0.113. The first-order chi connectivity index (χ1) is 15.6. The Morgan fingerprint density at radius 2 is 1.72 bits per heavy atom. The van der Waals surface area contributed by atoms with E-state index in [2.05, 4.69) is 4.98 Å². The van der Waals surface area contributed by atoms with Crippen LogP contribution in [0.25, 0.3) is 16.3 Å². The topological polar surface area (TPSA) is 60.9 Å². The van der Waals surface area contributed by atoms with E-state index in [0.717, 1.165) is 15.8 Å². The summed E-state index contributed by atoms with van der Waals surface area (Å²) in [6, 6.07) is 20.6. The molecule has 0 aliphatic carbocycles. The van der Waals surface area contributed by atoms with Crippen molar-refractivity contribution < 1.29 is 19.0 Å². The number of thiazole rings is 1. The number of hydrogen-bond acceptors (Lipinski definition) is 6. The van der Waals surface area contributed by atoms with Gasteiger partial charge in [0.1, 0.15) is 5.75 Å². The molecular weight excluding hydrogens is 424 g/mol. The SMILES string of the molecule is COc1cccc(N(C(=O)C=Cc2ccc(OC)c(OC)c2)c2nc3ccccc3s2)c1. The van der Waals surface area contributed by atoms with E-state index in [1.807, 2.05) is 60.7 Å². The fraction of sp³-hybridized carbons (Fsp3) is 0.120. The summed E-state index contributed by atoms with van der Waals surface area (Å²) in [4.78, 5) is 19.7. The Morgan fingerprint density at radius 1 is 0.906 bits per heavy atom. The van der Waals surface area contributed by atoms with Crippen LogP contribution in [0.5, 0.6) is 17.2 Å². The number of rotatable bonds is 7. The van der Waals surface area contributed by atoms with Crippen LogP contribution in [0, 0.1) is 0 Å². The van der Waals surface area contributed by atoms with Crippen molar-refractivity contribution >= 4 is 44.4 Å². The highest BCUT2D eigenvalue weighted by atomic mass is 32.1. The minimum atomic E-state index is -0.230. The molecule has 0 unspecified atom stereocenters. The van der Waals surface area contributed by atoms with Crippen LogP contribution in [0.4, 0.5) is 10.8 Å².